The van der Waals surface area contributed by atoms with Crippen LogP contribution in [0.15, 0.2) is 30.5 Å². The van der Waals surface area contributed by atoms with Crippen molar-refractivity contribution in [1.82, 2.24) is 4.98 Å². The summed E-state index contributed by atoms with van der Waals surface area (Å²) in [4.78, 5) is 4.01. The topological polar surface area (TPSA) is 33.1 Å². The molecule has 0 saturated carbocycles. The first-order valence-corrected chi connectivity index (χ1v) is 3.89. The molecule has 13 heavy (non-hydrogen) atoms. The van der Waals surface area contributed by atoms with Gasteiger partial charge in [0.25, 0.3) is 0 Å². The fraction of sp³-hybridized carbons (Fsp3) is 0. The summed E-state index contributed by atoms with van der Waals surface area (Å²) in [6, 6.07) is 6.80. The molecule has 0 unspecified atom stereocenters. The second-order valence-electron chi connectivity index (χ2n) is 2.47. The monoisotopic (exact) mass is 234 g/mol. The Labute approximate surface area is 91.0 Å². The Bertz CT molecular complexity index is 392. The van der Waals surface area contributed by atoms with E-state index in [0.29, 0.717) is 10.5 Å². The third-order valence-electron chi connectivity index (χ3n) is 1.70. The van der Waals surface area contributed by atoms with E-state index in [2.05, 4.69) is 4.98 Å². The van der Waals surface area contributed by atoms with Crippen LogP contribution in [-0.2, 0) is 17.1 Å². The maximum atomic E-state index is 9.37. The second kappa shape index (κ2) is 3.97. The summed E-state index contributed by atoms with van der Waals surface area (Å²) in [5.41, 5.74) is 0.546. The predicted molar refractivity (Wildman–Crippen MR) is 48.4 cm³/mol. The van der Waals surface area contributed by atoms with Gasteiger partial charge in [-0.1, -0.05) is 11.6 Å². The Morgan fingerprint density at radius 3 is 2.69 bits per heavy atom. The van der Waals surface area contributed by atoms with Crippen LogP contribution in [0, 0.1) is 0 Å². The van der Waals surface area contributed by atoms with Gasteiger partial charge in [-0.05, 0) is 24.3 Å². The molecule has 0 fully saturated rings. The summed E-state index contributed by atoms with van der Waals surface area (Å²) in [7, 11) is 0. The van der Waals surface area contributed by atoms with E-state index in [4.69, 9.17) is 11.6 Å². The number of pyridine rings is 1. The third kappa shape index (κ3) is 1.78. The summed E-state index contributed by atoms with van der Waals surface area (Å²) in [5, 5.41) is 10.8. The zero-order valence-corrected chi connectivity index (χ0v) is 8.47. The Hall–Kier alpha value is -0.761. The average molecular weight is 235 g/mol. The summed E-state index contributed by atoms with van der Waals surface area (Å²) < 4.78 is 0. The molecule has 0 spiro atoms. The summed E-state index contributed by atoms with van der Waals surface area (Å²) >= 11 is 5.88. The van der Waals surface area contributed by atoms with E-state index in [9.17, 15) is 5.11 Å². The van der Waals surface area contributed by atoms with Crippen molar-refractivity contribution >= 4 is 22.5 Å². The van der Waals surface area contributed by atoms with Crippen LogP contribution < -0.4 is 0 Å². The first-order valence-electron chi connectivity index (χ1n) is 3.51. The number of phenolic OH excluding ortho intramolecular Hbond substituents is 1. The van der Waals surface area contributed by atoms with Gasteiger partial charge in [-0.3, -0.25) is 4.98 Å². The van der Waals surface area contributed by atoms with Crippen LogP contribution in [0.3, 0.4) is 0 Å². The van der Waals surface area contributed by atoms with Gasteiger partial charge in [0, 0.05) is 11.6 Å². The second-order valence-corrected chi connectivity index (χ2v) is 2.87. The van der Waals surface area contributed by atoms with Gasteiger partial charge in [0.2, 0.25) is 0 Å². The largest absolute Gasteiger partial charge is 2.00 e. The Morgan fingerprint density at radius 2 is 2.00 bits per heavy atom. The van der Waals surface area contributed by atoms with E-state index in [0.717, 1.165) is 5.39 Å². The molecule has 0 amide bonds. The minimum atomic E-state index is 0. The maximum absolute atomic E-state index is 9.37. The fourth-order valence-corrected chi connectivity index (χ4v) is 1.34. The molecule has 0 aliphatic heterocycles. The molecule has 1 N–H and O–H groups in total. The maximum Gasteiger partial charge on any atom is 2.00 e. The SMILES string of the molecule is Oc1ccc(Cl)c2cccnc12.[Mn+2]. The van der Waals surface area contributed by atoms with Crippen molar-refractivity contribution < 1.29 is 22.2 Å². The van der Waals surface area contributed by atoms with E-state index in [1.807, 2.05) is 6.07 Å². The molecule has 0 aliphatic carbocycles. The van der Waals surface area contributed by atoms with Crippen molar-refractivity contribution in [2.24, 2.45) is 0 Å². The molecule has 65 valence electrons. The van der Waals surface area contributed by atoms with E-state index < -0.39 is 0 Å². The van der Waals surface area contributed by atoms with Gasteiger partial charge in [0.1, 0.15) is 11.3 Å². The van der Waals surface area contributed by atoms with Crippen LogP contribution >= 0.6 is 11.6 Å². The van der Waals surface area contributed by atoms with Crippen molar-refractivity contribution in [2.45, 2.75) is 0 Å². The van der Waals surface area contributed by atoms with E-state index >= 15 is 0 Å². The molecule has 1 heterocycles. The molecule has 0 bridgehead atoms. The number of rotatable bonds is 0. The van der Waals surface area contributed by atoms with Crippen LogP contribution in [0.2, 0.25) is 5.02 Å². The number of halogens is 1. The fourth-order valence-electron chi connectivity index (χ4n) is 1.12. The van der Waals surface area contributed by atoms with Gasteiger partial charge in [-0.25, -0.2) is 0 Å². The molecule has 2 aromatic rings. The van der Waals surface area contributed by atoms with Crippen LogP contribution in [0.25, 0.3) is 10.9 Å². The van der Waals surface area contributed by atoms with Gasteiger partial charge in [-0.2, -0.15) is 0 Å². The van der Waals surface area contributed by atoms with E-state index in [-0.39, 0.29) is 22.8 Å². The van der Waals surface area contributed by atoms with E-state index in [1.165, 1.54) is 6.07 Å². The number of aromatic nitrogens is 1. The molecule has 0 saturated heterocycles. The smallest absolute Gasteiger partial charge is 0.506 e. The number of aromatic hydroxyl groups is 1. The van der Waals surface area contributed by atoms with Crippen molar-refractivity contribution in [1.29, 1.82) is 0 Å². The zero-order chi connectivity index (χ0) is 8.55. The molecule has 0 aliphatic rings. The number of hydrogen-bond donors (Lipinski definition) is 1. The van der Waals surface area contributed by atoms with Crippen molar-refractivity contribution in [3.8, 4) is 5.75 Å². The zero-order valence-electron chi connectivity index (χ0n) is 6.54. The number of benzene rings is 1. The third-order valence-corrected chi connectivity index (χ3v) is 2.02. The Kier molecular flexibility index (Phi) is 3.15. The molecule has 1 aromatic carbocycles. The minimum Gasteiger partial charge on any atom is -0.506 e. The van der Waals surface area contributed by atoms with Gasteiger partial charge >= 0.3 is 17.1 Å². The summed E-state index contributed by atoms with van der Waals surface area (Å²) in [5.74, 6) is 0.162. The van der Waals surface area contributed by atoms with Crippen LogP contribution in [0.5, 0.6) is 5.75 Å². The van der Waals surface area contributed by atoms with Crippen LogP contribution in [0.4, 0.5) is 0 Å². The predicted octanol–water partition coefficient (Wildman–Crippen LogP) is 2.59. The molecule has 1 aromatic heterocycles. The van der Waals surface area contributed by atoms with Crippen LogP contribution in [0.1, 0.15) is 0 Å². The number of hydrogen-bond acceptors (Lipinski definition) is 2. The minimum absolute atomic E-state index is 0. The molecular weight excluding hydrogens is 228 g/mol. The molecule has 2 nitrogen and oxygen atoms in total. The van der Waals surface area contributed by atoms with Gasteiger partial charge in [-0.15, -0.1) is 0 Å². The van der Waals surface area contributed by atoms with Gasteiger partial charge < -0.3 is 5.11 Å². The van der Waals surface area contributed by atoms with Crippen LogP contribution in [-0.4, -0.2) is 10.1 Å². The van der Waals surface area contributed by atoms with Crippen molar-refractivity contribution in [3.05, 3.63) is 35.5 Å². The van der Waals surface area contributed by atoms with Crippen molar-refractivity contribution in [2.75, 3.05) is 0 Å². The quantitative estimate of drug-likeness (QED) is 0.711. The standard InChI is InChI=1S/C9H6ClNO.Mn/c10-7-3-4-8(12)9-6(7)2-1-5-11-9;/h1-5,12H;/q;+2. The van der Waals surface area contributed by atoms with Gasteiger partial charge in [0.05, 0.1) is 5.02 Å². The van der Waals surface area contributed by atoms with Gasteiger partial charge in [0.15, 0.2) is 0 Å². The summed E-state index contributed by atoms with van der Waals surface area (Å²) in [6.07, 6.45) is 1.62. The summed E-state index contributed by atoms with van der Waals surface area (Å²) in [6.45, 7) is 0. The first-order chi connectivity index (χ1) is 5.79. The normalized spacial score (nSPS) is 9.62. The molecule has 4 heteroatoms. The van der Waals surface area contributed by atoms with E-state index in [1.54, 1.807) is 18.3 Å². The number of phenols is 1. The average Bonchev–Trinajstić information content (AvgIpc) is 2.12. The van der Waals surface area contributed by atoms with Crippen molar-refractivity contribution in [3.63, 3.8) is 0 Å². The Balaban J connectivity index is 0.000000845. The Morgan fingerprint density at radius 1 is 1.23 bits per heavy atom. The molecule has 0 atom stereocenters. The number of nitrogens with zero attached hydrogens (tertiary/aromatic N) is 1. The molecule has 2 rings (SSSR count). The molecule has 1 radical (unpaired) electrons. The first kappa shape index (κ1) is 10.3. The number of fused-ring (bicyclic) bond motifs is 1. The molecular formula is C9H6ClMnNO+2.